The van der Waals surface area contributed by atoms with Crippen LogP contribution < -0.4 is 19.5 Å². The van der Waals surface area contributed by atoms with Gasteiger partial charge < -0.3 is 34.6 Å². The molecule has 0 aromatic heterocycles. The van der Waals surface area contributed by atoms with Gasteiger partial charge in [0.2, 0.25) is 0 Å². The van der Waals surface area contributed by atoms with Crippen molar-refractivity contribution in [3.05, 3.63) is 53.8 Å². The Kier molecular flexibility index (Phi) is 10.2. The van der Waals surface area contributed by atoms with Gasteiger partial charge >= 0.3 is 6.18 Å². The van der Waals surface area contributed by atoms with Gasteiger partial charge in [-0.25, -0.2) is 4.39 Å². The Morgan fingerprint density at radius 3 is 2.17 bits per heavy atom. The fraction of sp³-hybridized carbons (Fsp3) is 0.520. The summed E-state index contributed by atoms with van der Waals surface area (Å²) in [6.45, 7) is 2.06. The number of β-amino-alcohol motifs (C(OH)–C–C–N with tert-alkyl or cyclic N) is 1. The number of methoxy groups -OCH3 is 1. The third kappa shape index (κ3) is 8.81. The number of rotatable bonds is 12. The van der Waals surface area contributed by atoms with E-state index in [1.54, 1.807) is 31.4 Å². The SMILES string of the molecule is COc1ccc(OC[C@@H](O)CNC2CCN(C[C@@H](O)COc3ccc(F)c(C(F)(F)F)c3)CC2)cc1. The number of benzene rings is 2. The second-order valence-electron chi connectivity index (χ2n) is 8.73. The van der Waals surface area contributed by atoms with Gasteiger partial charge in [-0.3, -0.25) is 0 Å². The van der Waals surface area contributed by atoms with Crippen LogP contribution in [0.4, 0.5) is 17.6 Å². The van der Waals surface area contributed by atoms with Gasteiger partial charge in [0, 0.05) is 19.1 Å². The predicted octanol–water partition coefficient (Wildman–Crippen LogP) is 3.09. The second-order valence-corrected chi connectivity index (χ2v) is 8.73. The van der Waals surface area contributed by atoms with Crippen molar-refractivity contribution in [3.8, 4) is 17.2 Å². The Morgan fingerprint density at radius 1 is 0.944 bits per heavy atom. The first-order chi connectivity index (χ1) is 17.1. The van der Waals surface area contributed by atoms with E-state index in [4.69, 9.17) is 14.2 Å². The van der Waals surface area contributed by atoms with E-state index in [9.17, 15) is 27.8 Å². The fourth-order valence-corrected chi connectivity index (χ4v) is 3.90. The summed E-state index contributed by atoms with van der Waals surface area (Å²) in [5.41, 5.74) is -1.40. The minimum atomic E-state index is -4.82. The van der Waals surface area contributed by atoms with E-state index in [-0.39, 0.29) is 25.0 Å². The number of ether oxygens (including phenoxy) is 3. The number of nitrogens with zero attached hydrogens (tertiary/aromatic N) is 1. The summed E-state index contributed by atoms with van der Waals surface area (Å²) in [4.78, 5) is 2.04. The molecule has 2 aromatic rings. The zero-order valence-electron chi connectivity index (χ0n) is 20.0. The molecule has 1 aliphatic heterocycles. The lowest BCUT2D eigenvalue weighted by Crippen LogP contribution is -2.47. The van der Waals surface area contributed by atoms with E-state index >= 15 is 0 Å². The van der Waals surface area contributed by atoms with Crippen LogP contribution in [0.2, 0.25) is 0 Å². The van der Waals surface area contributed by atoms with Crippen molar-refractivity contribution in [2.24, 2.45) is 0 Å². The van der Waals surface area contributed by atoms with E-state index in [1.807, 2.05) is 4.90 Å². The fourth-order valence-electron chi connectivity index (χ4n) is 3.90. The monoisotopic (exact) mass is 516 g/mol. The summed E-state index contributed by atoms with van der Waals surface area (Å²) < 4.78 is 67.8. The maximum Gasteiger partial charge on any atom is 0.419 e. The molecule has 11 heteroatoms. The van der Waals surface area contributed by atoms with Crippen LogP contribution in [0.1, 0.15) is 18.4 Å². The molecule has 1 fully saturated rings. The topological polar surface area (TPSA) is 83.4 Å². The number of halogens is 4. The van der Waals surface area contributed by atoms with E-state index in [2.05, 4.69) is 5.32 Å². The van der Waals surface area contributed by atoms with Crippen molar-refractivity contribution in [2.75, 3.05) is 46.5 Å². The van der Waals surface area contributed by atoms with Gasteiger partial charge in [-0.2, -0.15) is 13.2 Å². The molecule has 1 saturated heterocycles. The van der Waals surface area contributed by atoms with Crippen LogP contribution in [0.5, 0.6) is 17.2 Å². The van der Waals surface area contributed by atoms with Crippen molar-refractivity contribution in [2.45, 2.75) is 37.3 Å². The molecule has 1 heterocycles. The molecule has 2 atom stereocenters. The summed E-state index contributed by atoms with van der Waals surface area (Å²) in [6, 6.07) is 9.71. The van der Waals surface area contributed by atoms with Crippen LogP contribution >= 0.6 is 0 Å². The number of aliphatic hydroxyl groups is 2. The highest BCUT2D eigenvalue weighted by Gasteiger charge is 2.34. The number of nitrogens with one attached hydrogen (secondary N) is 1. The summed E-state index contributed by atoms with van der Waals surface area (Å²) in [5, 5.41) is 23.8. The van der Waals surface area contributed by atoms with Crippen LogP contribution in [0.25, 0.3) is 0 Å². The zero-order valence-corrected chi connectivity index (χ0v) is 20.0. The molecule has 36 heavy (non-hydrogen) atoms. The lowest BCUT2D eigenvalue weighted by molar-refractivity contribution is -0.140. The summed E-state index contributed by atoms with van der Waals surface area (Å²) >= 11 is 0. The summed E-state index contributed by atoms with van der Waals surface area (Å²) in [7, 11) is 1.58. The lowest BCUT2D eigenvalue weighted by Gasteiger charge is -2.33. The molecule has 3 N–H and O–H groups in total. The van der Waals surface area contributed by atoms with E-state index in [0.29, 0.717) is 44.1 Å². The predicted molar refractivity (Wildman–Crippen MR) is 125 cm³/mol. The number of aliphatic hydroxyl groups excluding tert-OH is 2. The third-order valence-corrected chi connectivity index (χ3v) is 5.89. The van der Waals surface area contributed by atoms with Crippen LogP contribution in [0, 0.1) is 5.82 Å². The molecule has 0 amide bonds. The largest absolute Gasteiger partial charge is 0.497 e. The van der Waals surface area contributed by atoms with Gasteiger partial charge in [0.05, 0.1) is 12.7 Å². The highest BCUT2D eigenvalue weighted by molar-refractivity contribution is 5.32. The second kappa shape index (κ2) is 13.1. The van der Waals surface area contributed by atoms with Crippen molar-refractivity contribution in [1.29, 1.82) is 0 Å². The zero-order chi connectivity index (χ0) is 26.1. The van der Waals surface area contributed by atoms with Gasteiger partial charge in [0.1, 0.15) is 48.5 Å². The Bertz CT molecular complexity index is 937. The number of hydrogen-bond donors (Lipinski definition) is 3. The normalized spacial score (nSPS) is 17.0. The van der Waals surface area contributed by atoms with E-state index < -0.39 is 29.8 Å². The van der Waals surface area contributed by atoms with Gasteiger partial charge in [-0.1, -0.05) is 0 Å². The molecule has 0 saturated carbocycles. The van der Waals surface area contributed by atoms with Crippen LogP contribution in [0.15, 0.2) is 42.5 Å². The standard InChI is InChI=1S/C25H32F4N2O5/c1-34-20-2-4-21(5-3-20)35-15-18(32)13-30-17-8-10-31(11-9-17)14-19(33)16-36-22-6-7-24(26)23(12-22)25(27,28)29/h2-7,12,17-19,30,32-33H,8-11,13-16H2,1H3/t18-,19+/m0/s1. The minimum Gasteiger partial charge on any atom is -0.497 e. The van der Waals surface area contributed by atoms with Gasteiger partial charge in [-0.15, -0.1) is 0 Å². The number of piperidine rings is 1. The number of likely N-dealkylation sites (tertiary alicyclic amines) is 1. The first-order valence-electron chi connectivity index (χ1n) is 11.7. The molecule has 0 bridgehead atoms. The molecule has 3 rings (SSSR count). The molecule has 200 valence electrons. The van der Waals surface area contributed by atoms with Gasteiger partial charge in [-0.05, 0) is 68.4 Å². The first-order valence-corrected chi connectivity index (χ1v) is 11.7. The number of alkyl halides is 3. The molecule has 2 aromatic carbocycles. The third-order valence-electron chi connectivity index (χ3n) is 5.89. The Morgan fingerprint density at radius 2 is 1.53 bits per heavy atom. The highest BCUT2D eigenvalue weighted by atomic mass is 19.4. The molecule has 0 unspecified atom stereocenters. The maximum absolute atomic E-state index is 13.4. The van der Waals surface area contributed by atoms with Crippen molar-refractivity contribution < 1.29 is 42.0 Å². The van der Waals surface area contributed by atoms with Crippen molar-refractivity contribution >= 4 is 0 Å². The molecular formula is C25H32F4N2O5. The highest BCUT2D eigenvalue weighted by Crippen LogP contribution is 2.33. The van der Waals surface area contributed by atoms with Gasteiger partial charge in [0.25, 0.3) is 0 Å². The van der Waals surface area contributed by atoms with Crippen molar-refractivity contribution in [3.63, 3.8) is 0 Å². The van der Waals surface area contributed by atoms with E-state index in [0.717, 1.165) is 24.7 Å². The molecule has 0 aliphatic carbocycles. The minimum absolute atomic E-state index is 0.153. The molecule has 7 nitrogen and oxygen atoms in total. The van der Waals surface area contributed by atoms with Gasteiger partial charge in [0.15, 0.2) is 0 Å². The van der Waals surface area contributed by atoms with Crippen LogP contribution in [-0.4, -0.2) is 79.9 Å². The Balaban J connectivity index is 1.31. The van der Waals surface area contributed by atoms with E-state index in [1.165, 1.54) is 0 Å². The van der Waals surface area contributed by atoms with Crippen LogP contribution in [-0.2, 0) is 6.18 Å². The molecule has 0 spiro atoms. The first kappa shape index (κ1) is 28.0. The maximum atomic E-state index is 13.4. The quantitative estimate of drug-likeness (QED) is 0.374. The molecule has 1 aliphatic rings. The average molecular weight is 517 g/mol. The smallest absolute Gasteiger partial charge is 0.419 e. The average Bonchev–Trinajstić information content (AvgIpc) is 2.86. The van der Waals surface area contributed by atoms with Crippen molar-refractivity contribution in [1.82, 2.24) is 10.2 Å². The summed E-state index contributed by atoms with van der Waals surface area (Å²) in [5.74, 6) is -0.154. The Labute approximate surface area is 207 Å². The van der Waals surface area contributed by atoms with Crippen LogP contribution in [0.3, 0.4) is 0 Å². The Hall–Kier alpha value is -2.60. The lowest BCUT2D eigenvalue weighted by atomic mass is 10.0. The molecule has 0 radical (unpaired) electrons. The summed E-state index contributed by atoms with van der Waals surface area (Å²) in [6.07, 6.45) is -4.78. The molecular weight excluding hydrogens is 484 g/mol. The number of hydrogen-bond acceptors (Lipinski definition) is 7.